The summed E-state index contributed by atoms with van der Waals surface area (Å²) in [6.07, 6.45) is 0.731. The first-order valence-electron chi connectivity index (χ1n) is 11.4. The van der Waals surface area contributed by atoms with E-state index in [4.69, 9.17) is 14.2 Å². The van der Waals surface area contributed by atoms with E-state index in [1.165, 1.54) is 5.56 Å². The van der Waals surface area contributed by atoms with Gasteiger partial charge in [-0.15, -0.1) is 0 Å². The highest BCUT2D eigenvalue weighted by molar-refractivity contribution is 9.10. The maximum Gasteiger partial charge on any atom is 0.254 e. The summed E-state index contributed by atoms with van der Waals surface area (Å²) in [4.78, 5) is 15.5. The molecule has 1 amide bonds. The predicted molar refractivity (Wildman–Crippen MR) is 137 cm³/mol. The number of methoxy groups -OCH3 is 2. The van der Waals surface area contributed by atoms with Crippen molar-refractivity contribution in [3.63, 3.8) is 0 Å². The minimum absolute atomic E-state index is 0.0227. The van der Waals surface area contributed by atoms with Gasteiger partial charge in [-0.25, -0.2) is 0 Å². The first-order valence-corrected chi connectivity index (χ1v) is 12.2. The van der Waals surface area contributed by atoms with Gasteiger partial charge in [-0.1, -0.05) is 48.0 Å². The molecule has 1 aliphatic heterocycles. The number of halogens is 1. The van der Waals surface area contributed by atoms with Crippen molar-refractivity contribution in [2.45, 2.75) is 32.2 Å². The first kappa shape index (κ1) is 24.1. The van der Waals surface area contributed by atoms with E-state index in [2.05, 4.69) is 41.9 Å². The molecule has 5 nitrogen and oxygen atoms in total. The van der Waals surface area contributed by atoms with Gasteiger partial charge in [0.15, 0.2) is 11.5 Å². The molecule has 0 spiro atoms. The second kappa shape index (κ2) is 10.5. The fraction of sp³-hybridized carbons (Fsp3) is 0.321. The zero-order chi connectivity index (χ0) is 24.2. The summed E-state index contributed by atoms with van der Waals surface area (Å²) in [5, 5.41) is 0. The Balaban J connectivity index is 1.68. The van der Waals surface area contributed by atoms with E-state index in [0.29, 0.717) is 36.1 Å². The van der Waals surface area contributed by atoms with Crippen molar-refractivity contribution in [3.05, 3.63) is 87.4 Å². The van der Waals surface area contributed by atoms with Crippen molar-refractivity contribution in [1.29, 1.82) is 0 Å². The molecule has 0 aromatic heterocycles. The maximum atomic E-state index is 13.6. The fourth-order valence-corrected chi connectivity index (χ4v) is 4.76. The fourth-order valence-electron chi connectivity index (χ4n) is 4.36. The second-order valence-corrected chi connectivity index (χ2v) is 9.63. The number of amides is 1. The summed E-state index contributed by atoms with van der Waals surface area (Å²) in [6, 6.07) is 19.4. The zero-order valence-corrected chi connectivity index (χ0v) is 21.6. The minimum Gasteiger partial charge on any atom is -0.493 e. The van der Waals surface area contributed by atoms with E-state index < -0.39 is 0 Å². The molecule has 0 radical (unpaired) electrons. The van der Waals surface area contributed by atoms with Crippen LogP contribution in [0.3, 0.4) is 0 Å². The van der Waals surface area contributed by atoms with Crippen LogP contribution in [0.1, 0.15) is 52.9 Å². The minimum atomic E-state index is -0.264. The van der Waals surface area contributed by atoms with Gasteiger partial charge in [0.2, 0.25) is 0 Å². The van der Waals surface area contributed by atoms with Gasteiger partial charge in [0.05, 0.1) is 20.3 Å². The second-order valence-electron chi connectivity index (χ2n) is 8.72. The molecule has 4 rings (SSSR count). The molecule has 1 atom stereocenters. The van der Waals surface area contributed by atoms with E-state index in [1.54, 1.807) is 14.2 Å². The zero-order valence-electron chi connectivity index (χ0n) is 20.0. The highest BCUT2D eigenvalue weighted by Gasteiger charge is 2.33. The van der Waals surface area contributed by atoms with Crippen molar-refractivity contribution in [2.75, 3.05) is 27.4 Å². The van der Waals surface area contributed by atoms with Crippen LogP contribution in [0.4, 0.5) is 0 Å². The van der Waals surface area contributed by atoms with E-state index in [1.807, 2.05) is 53.4 Å². The van der Waals surface area contributed by atoms with Crippen molar-refractivity contribution in [2.24, 2.45) is 0 Å². The number of hydrogen-bond acceptors (Lipinski definition) is 4. The predicted octanol–water partition coefficient (Wildman–Crippen LogP) is 6.41. The molecule has 178 valence electrons. The monoisotopic (exact) mass is 523 g/mol. The van der Waals surface area contributed by atoms with Crippen LogP contribution in [0.25, 0.3) is 0 Å². The van der Waals surface area contributed by atoms with Gasteiger partial charge in [-0.05, 0) is 71.5 Å². The SMILES string of the molecule is COc1cc2c(cc1OC)C(COc1ccc(C(C)C)cc1)N(C(=O)c1cccc(Br)c1)CC2. The summed E-state index contributed by atoms with van der Waals surface area (Å²) < 4.78 is 18.2. The van der Waals surface area contributed by atoms with Crippen LogP contribution < -0.4 is 14.2 Å². The average Bonchev–Trinajstić information content (AvgIpc) is 2.86. The van der Waals surface area contributed by atoms with Gasteiger partial charge in [0, 0.05) is 16.6 Å². The lowest BCUT2D eigenvalue weighted by Gasteiger charge is -2.37. The average molecular weight is 524 g/mol. The van der Waals surface area contributed by atoms with Crippen LogP contribution in [0, 0.1) is 0 Å². The highest BCUT2D eigenvalue weighted by Crippen LogP contribution is 2.39. The molecule has 0 bridgehead atoms. The van der Waals surface area contributed by atoms with Crippen LogP contribution in [0.2, 0.25) is 0 Å². The molecule has 1 heterocycles. The number of rotatable bonds is 7. The molecule has 3 aromatic rings. The molecule has 0 saturated carbocycles. The molecular formula is C28H30BrNO4. The third-order valence-corrected chi connectivity index (χ3v) is 6.78. The third kappa shape index (κ3) is 5.07. The van der Waals surface area contributed by atoms with Crippen LogP contribution in [0.5, 0.6) is 17.2 Å². The Labute approximate surface area is 209 Å². The van der Waals surface area contributed by atoms with Gasteiger partial charge in [-0.3, -0.25) is 4.79 Å². The molecule has 1 unspecified atom stereocenters. The summed E-state index contributed by atoms with van der Waals surface area (Å²) in [7, 11) is 3.26. The van der Waals surface area contributed by atoms with E-state index in [9.17, 15) is 4.79 Å². The van der Waals surface area contributed by atoms with Crippen LogP contribution >= 0.6 is 15.9 Å². The Bertz CT molecular complexity index is 1160. The number of carbonyl (C=O) groups excluding carboxylic acids is 1. The first-order chi connectivity index (χ1) is 16.4. The molecule has 3 aromatic carbocycles. The molecule has 0 saturated heterocycles. The molecule has 6 heteroatoms. The number of benzene rings is 3. The van der Waals surface area contributed by atoms with Gasteiger partial charge in [-0.2, -0.15) is 0 Å². The molecular weight excluding hydrogens is 494 g/mol. The largest absolute Gasteiger partial charge is 0.493 e. The summed E-state index contributed by atoms with van der Waals surface area (Å²) in [5.74, 6) is 2.55. The standard InChI is InChI=1S/C28H30BrNO4/c1-18(2)19-8-10-23(11-9-19)34-17-25-24-16-27(33-4)26(32-3)15-20(24)12-13-30(25)28(31)21-6-5-7-22(29)14-21/h5-11,14-16,18,25H,12-13,17H2,1-4H3. The third-order valence-electron chi connectivity index (χ3n) is 6.29. The van der Waals surface area contributed by atoms with E-state index in [-0.39, 0.29) is 11.9 Å². The van der Waals surface area contributed by atoms with Crippen molar-refractivity contribution in [1.82, 2.24) is 4.90 Å². The van der Waals surface area contributed by atoms with Crippen LogP contribution in [-0.4, -0.2) is 38.2 Å². The molecule has 0 N–H and O–H groups in total. The topological polar surface area (TPSA) is 48.0 Å². The molecule has 34 heavy (non-hydrogen) atoms. The van der Waals surface area contributed by atoms with Crippen molar-refractivity contribution >= 4 is 21.8 Å². The maximum absolute atomic E-state index is 13.6. The Morgan fingerprint density at radius 1 is 1.03 bits per heavy atom. The normalized spacial score (nSPS) is 15.1. The van der Waals surface area contributed by atoms with Gasteiger partial charge >= 0.3 is 0 Å². The van der Waals surface area contributed by atoms with Crippen LogP contribution in [0.15, 0.2) is 65.1 Å². The Morgan fingerprint density at radius 3 is 2.38 bits per heavy atom. The molecule has 0 fully saturated rings. The summed E-state index contributed by atoms with van der Waals surface area (Å²) >= 11 is 3.48. The highest BCUT2D eigenvalue weighted by atomic mass is 79.9. The number of fused-ring (bicyclic) bond motifs is 1. The van der Waals surface area contributed by atoms with Crippen molar-refractivity contribution < 1.29 is 19.0 Å². The van der Waals surface area contributed by atoms with Crippen LogP contribution in [-0.2, 0) is 6.42 Å². The lowest BCUT2D eigenvalue weighted by molar-refractivity contribution is 0.0589. The quantitative estimate of drug-likeness (QED) is 0.359. The Kier molecular flexibility index (Phi) is 7.47. The Morgan fingerprint density at radius 2 is 1.74 bits per heavy atom. The molecule has 0 aliphatic carbocycles. The van der Waals surface area contributed by atoms with Gasteiger partial charge in [0.1, 0.15) is 12.4 Å². The number of nitrogens with zero attached hydrogens (tertiary/aromatic N) is 1. The van der Waals surface area contributed by atoms with E-state index >= 15 is 0 Å². The van der Waals surface area contributed by atoms with E-state index in [0.717, 1.165) is 27.8 Å². The summed E-state index contributed by atoms with van der Waals surface area (Å²) in [6.45, 7) is 5.27. The summed E-state index contributed by atoms with van der Waals surface area (Å²) in [5.41, 5.74) is 4.06. The molecule has 1 aliphatic rings. The lowest BCUT2D eigenvalue weighted by atomic mass is 9.91. The van der Waals surface area contributed by atoms with Crippen molar-refractivity contribution in [3.8, 4) is 17.2 Å². The smallest absolute Gasteiger partial charge is 0.254 e. The number of hydrogen-bond donors (Lipinski definition) is 0. The number of ether oxygens (including phenoxy) is 3. The van der Waals surface area contributed by atoms with Gasteiger partial charge < -0.3 is 19.1 Å². The van der Waals surface area contributed by atoms with Gasteiger partial charge in [0.25, 0.3) is 5.91 Å². The lowest BCUT2D eigenvalue weighted by Crippen LogP contribution is -2.42. The Hall–Kier alpha value is -2.99. The number of carbonyl (C=O) groups is 1.